The molecular weight excluding hydrogens is 380 g/mol. The van der Waals surface area contributed by atoms with Crippen molar-refractivity contribution in [3.05, 3.63) is 68.0 Å². The minimum Gasteiger partial charge on any atom is -0.502 e. The maximum absolute atomic E-state index is 12.7. The van der Waals surface area contributed by atoms with Gasteiger partial charge in [0.2, 0.25) is 17.1 Å². The lowest BCUT2D eigenvalue weighted by Gasteiger charge is -2.17. The Morgan fingerprint density at radius 1 is 1.24 bits per heavy atom. The number of rotatable bonds is 7. The van der Waals surface area contributed by atoms with Crippen molar-refractivity contribution in [1.82, 2.24) is 4.98 Å². The van der Waals surface area contributed by atoms with Crippen LogP contribution in [0, 0.1) is 0 Å². The summed E-state index contributed by atoms with van der Waals surface area (Å²) in [6.45, 7) is -0.0307. The summed E-state index contributed by atoms with van der Waals surface area (Å²) in [4.78, 5) is 39.3. The Bertz CT molecular complexity index is 1180. The van der Waals surface area contributed by atoms with Crippen LogP contribution in [0.25, 0.3) is 10.9 Å². The van der Waals surface area contributed by atoms with E-state index in [0.717, 1.165) is 6.07 Å². The van der Waals surface area contributed by atoms with Gasteiger partial charge in [-0.3, -0.25) is 14.4 Å². The third-order valence-electron chi connectivity index (χ3n) is 4.46. The highest BCUT2D eigenvalue weighted by molar-refractivity contribution is 5.81. The zero-order valence-electron chi connectivity index (χ0n) is 15.9. The molecule has 1 amide bonds. The Labute approximate surface area is 164 Å². The van der Waals surface area contributed by atoms with Crippen molar-refractivity contribution in [2.45, 2.75) is 18.9 Å². The van der Waals surface area contributed by atoms with Gasteiger partial charge in [-0.2, -0.15) is 0 Å². The number of carbonyl (C=O) groups is 1. The molecule has 2 heterocycles. The number of aromatic nitrogens is 1. The molecule has 29 heavy (non-hydrogen) atoms. The summed E-state index contributed by atoms with van der Waals surface area (Å²) in [5.74, 6) is -2.02. The van der Waals surface area contributed by atoms with Crippen molar-refractivity contribution in [3.63, 3.8) is 0 Å². The zero-order chi connectivity index (χ0) is 21.1. The van der Waals surface area contributed by atoms with Gasteiger partial charge in [0.05, 0.1) is 13.0 Å². The Morgan fingerprint density at radius 3 is 2.66 bits per heavy atom. The highest BCUT2D eigenvalue weighted by Crippen LogP contribution is 2.32. The molecule has 9 nitrogen and oxygen atoms in total. The molecule has 0 aliphatic heterocycles. The van der Waals surface area contributed by atoms with Gasteiger partial charge in [0.25, 0.3) is 5.56 Å². The van der Waals surface area contributed by atoms with Gasteiger partial charge in [0.1, 0.15) is 18.1 Å². The van der Waals surface area contributed by atoms with Crippen LogP contribution < -0.4 is 21.5 Å². The van der Waals surface area contributed by atoms with Crippen LogP contribution in [-0.4, -0.2) is 30.2 Å². The van der Waals surface area contributed by atoms with E-state index < -0.39 is 28.6 Å². The van der Waals surface area contributed by atoms with Gasteiger partial charge >= 0.3 is 0 Å². The summed E-state index contributed by atoms with van der Waals surface area (Å²) in [6.07, 6.45) is -0.356. The lowest BCUT2D eigenvalue weighted by Crippen LogP contribution is -2.23. The van der Waals surface area contributed by atoms with Gasteiger partial charge in [-0.05, 0) is 24.3 Å². The van der Waals surface area contributed by atoms with Gasteiger partial charge in [-0.15, -0.1) is 0 Å². The number of hydrogen-bond donors (Lipinski definition) is 3. The lowest BCUT2D eigenvalue weighted by molar-refractivity contribution is -0.118. The van der Waals surface area contributed by atoms with E-state index in [1.54, 1.807) is 24.3 Å². The standard InChI is InChI=1S/C20H20N2O7/c1-27-9-12-7-16(23)18(25)19(29-12)13(8-17(21)24)14-6-10-5-11(28-2)3-4-15(10)22-20(14)26/h3-7,13,25H,8-9H2,1-2H3,(H2,21,24)(H,22,26)/t13-/m1/s1. The van der Waals surface area contributed by atoms with Crippen LogP contribution in [-0.2, 0) is 16.1 Å². The highest BCUT2D eigenvalue weighted by atomic mass is 16.5. The topological polar surface area (TPSA) is 145 Å². The normalized spacial score (nSPS) is 12.1. The van der Waals surface area contributed by atoms with Crippen molar-refractivity contribution in [2.24, 2.45) is 5.73 Å². The van der Waals surface area contributed by atoms with Crippen LogP contribution in [0.1, 0.15) is 29.4 Å². The van der Waals surface area contributed by atoms with E-state index in [4.69, 9.17) is 19.6 Å². The first-order valence-electron chi connectivity index (χ1n) is 8.68. The van der Waals surface area contributed by atoms with E-state index in [-0.39, 0.29) is 30.1 Å². The molecular formula is C20H20N2O7. The average molecular weight is 400 g/mol. The minimum absolute atomic E-state index is 0.0307. The molecule has 0 aliphatic rings. The Balaban J connectivity index is 2.25. The van der Waals surface area contributed by atoms with Crippen LogP contribution in [0.5, 0.6) is 11.5 Å². The van der Waals surface area contributed by atoms with E-state index in [2.05, 4.69) is 4.98 Å². The number of nitrogens with two attached hydrogens (primary N) is 1. The van der Waals surface area contributed by atoms with Crippen molar-refractivity contribution in [1.29, 1.82) is 0 Å². The Kier molecular flexibility index (Phi) is 5.69. The van der Waals surface area contributed by atoms with Crippen molar-refractivity contribution >= 4 is 16.8 Å². The number of primary amides is 1. The van der Waals surface area contributed by atoms with Gasteiger partial charge in [0.15, 0.2) is 5.76 Å². The summed E-state index contributed by atoms with van der Waals surface area (Å²) in [6, 6.07) is 7.70. The number of hydrogen-bond acceptors (Lipinski definition) is 7. The molecule has 0 fully saturated rings. The predicted octanol–water partition coefficient (Wildman–Crippen LogP) is 1.35. The van der Waals surface area contributed by atoms with Gasteiger partial charge in [-0.1, -0.05) is 0 Å². The van der Waals surface area contributed by atoms with Gasteiger partial charge < -0.3 is 29.7 Å². The number of ether oxygens (including phenoxy) is 2. The third-order valence-corrected chi connectivity index (χ3v) is 4.46. The van der Waals surface area contributed by atoms with Crippen LogP contribution in [0.2, 0.25) is 0 Å². The number of aromatic amines is 1. The van der Waals surface area contributed by atoms with E-state index in [9.17, 15) is 19.5 Å². The summed E-state index contributed by atoms with van der Waals surface area (Å²) in [5.41, 5.74) is 4.80. The van der Waals surface area contributed by atoms with Crippen molar-refractivity contribution in [3.8, 4) is 11.5 Å². The van der Waals surface area contributed by atoms with Crippen LogP contribution in [0.4, 0.5) is 0 Å². The van der Waals surface area contributed by atoms with E-state index in [1.807, 2.05) is 0 Å². The van der Waals surface area contributed by atoms with Crippen LogP contribution in [0.3, 0.4) is 0 Å². The Hall–Kier alpha value is -3.59. The fourth-order valence-corrected chi connectivity index (χ4v) is 3.14. The highest BCUT2D eigenvalue weighted by Gasteiger charge is 2.28. The van der Waals surface area contributed by atoms with E-state index in [0.29, 0.717) is 16.7 Å². The monoisotopic (exact) mass is 400 g/mol. The molecule has 3 aromatic rings. The number of amides is 1. The maximum Gasteiger partial charge on any atom is 0.252 e. The molecule has 0 radical (unpaired) electrons. The lowest BCUT2D eigenvalue weighted by atomic mass is 9.92. The molecule has 2 aromatic heterocycles. The molecule has 9 heteroatoms. The smallest absolute Gasteiger partial charge is 0.252 e. The number of carbonyl (C=O) groups excluding carboxylic acids is 1. The third kappa shape index (κ3) is 4.14. The second kappa shape index (κ2) is 8.19. The largest absolute Gasteiger partial charge is 0.502 e. The predicted molar refractivity (Wildman–Crippen MR) is 104 cm³/mol. The second-order valence-corrected chi connectivity index (χ2v) is 6.45. The van der Waals surface area contributed by atoms with E-state index in [1.165, 1.54) is 14.2 Å². The number of benzene rings is 1. The molecule has 1 aromatic carbocycles. The first kappa shape index (κ1) is 20.2. The molecule has 0 bridgehead atoms. The average Bonchev–Trinajstić information content (AvgIpc) is 2.68. The number of fused-ring (bicyclic) bond motifs is 1. The summed E-state index contributed by atoms with van der Waals surface area (Å²) in [7, 11) is 2.92. The number of aromatic hydroxyl groups is 1. The molecule has 4 N–H and O–H groups in total. The molecule has 3 rings (SSSR count). The fraction of sp³-hybridized carbons (Fsp3) is 0.250. The van der Waals surface area contributed by atoms with Crippen LogP contribution >= 0.6 is 0 Å². The molecule has 0 aliphatic carbocycles. The number of nitrogens with one attached hydrogen (secondary N) is 1. The SMILES string of the molecule is COCc1cc(=O)c(O)c([C@H](CC(N)=O)c2cc3cc(OC)ccc3[nH]c2=O)o1. The first-order valence-corrected chi connectivity index (χ1v) is 8.68. The summed E-state index contributed by atoms with van der Waals surface area (Å²) in [5, 5.41) is 10.9. The summed E-state index contributed by atoms with van der Waals surface area (Å²) < 4.78 is 15.8. The fourth-order valence-electron chi connectivity index (χ4n) is 3.14. The molecule has 152 valence electrons. The molecule has 0 saturated heterocycles. The zero-order valence-corrected chi connectivity index (χ0v) is 15.9. The first-order chi connectivity index (χ1) is 13.8. The van der Waals surface area contributed by atoms with Gasteiger partial charge in [0, 0.05) is 36.1 Å². The van der Waals surface area contributed by atoms with Crippen LogP contribution in [0.15, 0.2) is 44.3 Å². The number of pyridine rings is 1. The number of methoxy groups -OCH3 is 2. The van der Waals surface area contributed by atoms with E-state index >= 15 is 0 Å². The molecule has 0 spiro atoms. The van der Waals surface area contributed by atoms with Gasteiger partial charge in [-0.25, -0.2) is 0 Å². The molecule has 0 saturated carbocycles. The van der Waals surface area contributed by atoms with Crippen molar-refractivity contribution in [2.75, 3.05) is 14.2 Å². The second-order valence-electron chi connectivity index (χ2n) is 6.45. The quantitative estimate of drug-likeness (QED) is 0.543. The van der Waals surface area contributed by atoms with Crippen molar-refractivity contribution < 1.29 is 23.8 Å². The number of H-pyrrole nitrogens is 1. The molecule has 1 atom stereocenters. The minimum atomic E-state index is -1.07. The summed E-state index contributed by atoms with van der Waals surface area (Å²) >= 11 is 0. The molecule has 0 unspecified atom stereocenters. The Morgan fingerprint density at radius 2 is 2.00 bits per heavy atom. The maximum atomic E-state index is 12.7.